The van der Waals surface area contributed by atoms with E-state index < -0.39 is 0 Å². The van der Waals surface area contributed by atoms with E-state index in [1.165, 1.54) is 16.9 Å². The van der Waals surface area contributed by atoms with Crippen molar-refractivity contribution in [2.45, 2.75) is 20.3 Å². The summed E-state index contributed by atoms with van der Waals surface area (Å²) in [5.74, 6) is -0.0934. The summed E-state index contributed by atoms with van der Waals surface area (Å²) in [5, 5.41) is 8.73. The van der Waals surface area contributed by atoms with E-state index >= 15 is 0 Å². The topological polar surface area (TPSA) is 71.3 Å². The summed E-state index contributed by atoms with van der Waals surface area (Å²) in [4.78, 5) is 19.6. The summed E-state index contributed by atoms with van der Waals surface area (Å²) in [5.41, 5.74) is 3.35. The average molecular weight is 358 g/mol. The van der Waals surface area contributed by atoms with Crippen LogP contribution in [0.4, 0.5) is 0 Å². The van der Waals surface area contributed by atoms with E-state index in [1.807, 2.05) is 38.1 Å². The van der Waals surface area contributed by atoms with Crippen molar-refractivity contribution in [1.82, 2.24) is 20.4 Å². The summed E-state index contributed by atoms with van der Waals surface area (Å²) in [7, 11) is 3.95. The summed E-state index contributed by atoms with van der Waals surface area (Å²) >= 11 is 1.35. The van der Waals surface area contributed by atoms with Crippen molar-refractivity contribution in [3.05, 3.63) is 34.3 Å². The van der Waals surface area contributed by atoms with E-state index in [0.717, 1.165) is 23.9 Å². The number of aryl methyl sites for hydroxylation is 2. The highest BCUT2D eigenvalue weighted by molar-refractivity contribution is 7.17. The first kappa shape index (κ1) is 17.6. The van der Waals surface area contributed by atoms with Crippen LogP contribution in [-0.4, -0.2) is 48.1 Å². The van der Waals surface area contributed by atoms with Crippen molar-refractivity contribution in [3.63, 3.8) is 0 Å². The van der Waals surface area contributed by atoms with Gasteiger partial charge >= 0.3 is 0 Å². The third kappa shape index (κ3) is 3.72. The summed E-state index contributed by atoms with van der Waals surface area (Å²) in [6.07, 6.45) is 0.944. The van der Waals surface area contributed by atoms with Gasteiger partial charge in [0.05, 0.1) is 11.1 Å². The number of thiazole rings is 1. The molecule has 0 radical (unpaired) electrons. The lowest BCUT2D eigenvalue weighted by Crippen LogP contribution is -2.31. The number of aromatic nitrogens is 2. The van der Waals surface area contributed by atoms with E-state index in [-0.39, 0.29) is 5.91 Å². The molecule has 0 spiro atoms. The Morgan fingerprint density at radius 2 is 2.16 bits per heavy atom. The molecular formula is C18H22N4O2S. The lowest BCUT2D eigenvalue weighted by Gasteiger charge is -2.09. The number of benzene rings is 1. The standard InChI is InChI=1S/C18H22N4O2S/c1-5-12-6-7-13-14(10-12)24-21-15(13)18-20-11(2)16(25-18)17(23)19-8-9-22(3)4/h6-7,10H,5,8-9H2,1-4H3,(H,19,23). The molecule has 0 saturated carbocycles. The van der Waals surface area contributed by atoms with Gasteiger partial charge in [0.2, 0.25) is 0 Å². The van der Waals surface area contributed by atoms with Crippen LogP contribution in [0.5, 0.6) is 0 Å². The lowest BCUT2D eigenvalue weighted by molar-refractivity contribution is 0.0954. The molecule has 1 N–H and O–H groups in total. The molecule has 0 aliphatic carbocycles. The molecule has 25 heavy (non-hydrogen) atoms. The molecule has 0 unspecified atom stereocenters. The first-order valence-electron chi connectivity index (χ1n) is 8.28. The Morgan fingerprint density at radius 3 is 2.88 bits per heavy atom. The van der Waals surface area contributed by atoms with Crippen LogP contribution in [0, 0.1) is 6.92 Å². The molecule has 0 saturated heterocycles. The Kier molecular flexibility index (Phi) is 5.15. The molecule has 3 aromatic rings. The van der Waals surface area contributed by atoms with E-state index in [4.69, 9.17) is 4.52 Å². The Bertz CT molecular complexity index is 898. The maximum absolute atomic E-state index is 12.4. The summed E-state index contributed by atoms with van der Waals surface area (Å²) in [6.45, 7) is 5.34. The molecule has 0 atom stereocenters. The number of amides is 1. The van der Waals surface area contributed by atoms with Crippen LogP contribution in [0.25, 0.3) is 21.7 Å². The number of hydrogen-bond acceptors (Lipinski definition) is 6. The molecule has 0 aliphatic rings. The maximum Gasteiger partial charge on any atom is 0.263 e. The number of likely N-dealkylation sites (N-methyl/N-ethyl adjacent to an activating group) is 1. The van der Waals surface area contributed by atoms with Gasteiger partial charge in [0.1, 0.15) is 15.6 Å². The molecule has 0 aliphatic heterocycles. The summed E-state index contributed by atoms with van der Waals surface area (Å²) in [6, 6.07) is 6.08. The lowest BCUT2D eigenvalue weighted by atomic mass is 10.1. The van der Waals surface area contributed by atoms with Gasteiger partial charge in [-0.15, -0.1) is 11.3 Å². The number of nitrogens with zero attached hydrogens (tertiary/aromatic N) is 3. The van der Waals surface area contributed by atoms with Gasteiger partial charge in [-0.1, -0.05) is 18.1 Å². The quantitative estimate of drug-likeness (QED) is 0.733. The number of nitrogens with one attached hydrogen (secondary N) is 1. The average Bonchev–Trinajstić information content (AvgIpc) is 3.16. The monoisotopic (exact) mass is 358 g/mol. The molecular weight excluding hydrogens is 336 g/mol. The highest BCUT2D eigenvalue weighted by Gasteiger charge is 2.20. The highest BCUT2D eigenvalue weighted by atomic mass is 32.1. The van der Waals surface area contributed by atoms with Crippen LogP contribution in [0.2, 0.25) is 0 Å². The second-order valence-corrected chi connectivity index (χ2v) is 7.21. The number of carbonyl (C=O) groups excluding carboxylic acids is 1. The van der Waals surface area contributed by atoms with Crippen LogP contribution in [0.1, 0.15) is 27.9 Å². The van der Waals surface area contributed by atoms with Gasteiger partial charge in [-0.2, -0.15) is 0 Å². The van der Waals surface area contributed by atoms with Crippen LogP contribution >= 0.6 is 11.3 Å². The normalized spacial score (nSPS) is 11.4. The van der Waals surface area contributed by atoms with Gasteiger partial charge in [-0.3, -0.25) is 4.79 Å². The number of fused-ring (bicyclic) bond motifs is 1. The first-order valence-corrected chi connectivity index (χ1v) is 9.10. The third-order valence-corrected chi connectivity index (χ3v) is 5.16. The minimum Gasteiger partial charge on any atom is -0.356 e. The second-order valence-electron chi connectivity index (χ2n) is 6.21. The van der Waals surface area contributed by atoms with Gasteiger partial charge in [-0.05, 0) is 45.1 Å². The van der Waals surface area contributed by atoms with Crippen LogP contribution in [-0.2, 0) is 6.42 Å². The molecule has 6 nitrogen and oxygen atoms in total. The summed E-state index contributed by atoms with van der Waals surface area (Å²) < 4.78 is 5.46. The van der Waals surface area contributed by atoms with Crippen LogP contribution in [0.3, 0.4) is 0 Å². The third-order valence-electron chi connectivity index (χ3n) is 3.99. The number of rotatable bonds is 6. The molecule has 132 valence electrons. The molecule has 2 aromatic heterocycles. The van der Waals surface area contributed by atoms with Gasteiger partial charge < -0.3 is 14.7 Å². The smallest absolute Gasteiger partial charge is 0.263 e. The predicted molar refractivity (Wildman–Crippen MR) is 100 cm³/mol. The highest BCUT2D eigenvalue weighted by Crippen LogP contribution is 2.33. The Morgan fingerprint density at radius 1 is 1.36 bits per heavy atom. The van der Waals surface area contributed by atoms with Gasteiger partial charge in [0.25, 0.3) is 5.91 Å². The van der Waals surface area contributed by atoms with E-state index in [1.54, 1.807) is 0 Å². The fraction of sp³-hybridized carbons (Fsp3) is 0.389. The number of hydrogen-bond donors (Lipinski definition) is 1. The van der Waals surface area contributed by atoms with Crippen molar-refractivity contribution in [3.8, 4) is 10.7 Å². The van der Waals surface area contributed by atoms with Crippen molar-refractivity contribution in [2.75, 3.05) is 27.2 Å². The fourth-order valence-electron chi connectivity index (χ4n) is 2.54. The fourth-order valence-corrected chi connectivity index (χ4v) is 3.52. The molecule has 1 amide bonds. The zero-order chi connectivity index (χ0) is 18.0. The number of carbonyl (C=O) groups is 1. The Hall–Kier alpha value is -2.25. The molecule has 7 heteroatoms. The second kappa shape index (κ2) is 7.33. The van der Waals surface area contributed by atoms with Crippen molar-refractivity contribution >= 4 is 28.2 Å². The van der Waals surface area contributed by atoms with E-state index in [0.29, 0.717) is 27.8 Å². The van der Waals surface area contributed by atoms with Crippen LogP contribution < -0.4 is 5.32 Å². The molecule has 1 aromatic carbocycles. The zero-order valence-electron chi connectivity index (χ0n) is 14.9. The van der Waals surface area contributed by atoms with Crippen LogP contribution in [0.15, 0.2) is 22.7 Å². The minimum atomic E-state index is -0.0934. The van der Waals surface area contributed by atoms with Gasteiger partial charge in [0, 0.05) is 13.1 Å². The molecule has 0 bridgehead atoms. The van der Waals surface area contributed by atoms with Gasteiger partial charge in [-0.25, -0.2) is 4.98 Å². The van der Waals surface area contributed by atoms with Crippen molar-refractivity contribution in [2.24, 2.45) is 0 Å². The molecule has 0 fully saturated rings. The predicted octanol–water partition coefficient (Wildman–Crippen LogP) is 3.11. The molecule has 3 rings (SSSR count). The largest absolute Gasteiger partial charge is 0.356 e. The van der Waals surface area contributed by atoms with E-state index in [2.05, 4.69) is 28.4 Å². The Balaban J connectivity index is 1.86. The SMILES string of the molecule is CCc1ccc2c(-c3nc(C)c(C(=O)NCCN(C)C)s3)noc2c1. The Labute approximate surface area is 150 Å². The van der Waals surface area contributed by atoms with Gasteiger partial charge in [0.15, 0.2) is 5.58 Å². The van der Waals surface area contributed by atoms with Crippen molar-refractivity contribution < 1.29 is 9.32 Å². The molecule has 2 heterocycles. The van der Waals surface area contributed by atoms with Crippen molar-refractivity contribution in [1.29, 1.82) is 0 Å². The zero-order valence-corrected chi connectivity index (χ0v) is 15.7. The maximum atomic E-state index is 12.4. The first-order chi connectivity index (χ1) is 12.0. The minimum absolute atomic E-state index is 0.0934. The van der Waals surface area contributed by atoms with E-state index in [9.17, 15) is 4.79 Å².